The summed E-state index contributed by atoms with van der Waals surface area (Å²) in [7, 11) is 3.17. The molecule has 1 aliphatic rings. The summed E-state index contributed by atoms with van der Waals surface area (Å²) < 4.78 is 40.7. The van der Waals surface area contributed by atoms with Crippen LogP contribution in [0.1, 0.15) is 25.8 Å². The quantitative estimate of drug-likeness (QED) is 0.441. The van der Waals surface area contributed by atoms with Gasteiger partial charge in [-0.2, -0.15) is 8.78 Å². The van der Waals surface area contributed by atoms with E-state index in [4.69, 9.17) is 9.47 Å². The summed E-state index contributed by atoms with van der Waals surface area (Å²) in [6.45, 7) is 5.91. The number of hydrogen-bond donors (Lipinski definition) is 2. The third-order valence-corrected chi connectivity index (χ3v) is 4.97. The lowest BCUT2D eigenvalue weighted by molar-refractivity contribution is -0.0505. The molecule has 1 atom stereocenters. The van der Waals surface area contributed by atoms with E-state index in [1.54, 1.807) is 19.2 Å². The summed E-state index contributed by atoms with van der Waals surface area (Å²) >= 11 is 0. The molecule has 9 heteroatoms. The maximum absolute atomic E-state index is 12.8. The number of aliphatic imine (C=N–C) groups is 1. The maximum Gasteiger partial charge on any atom is 0.387 e. The molecule has 0 aromatic heterocycles. The van der Waals surface area contributed by atoms with Crippen LogP contribution in [0.4, 0.5) is 8.78 Å². The smallest absolute Gasteiger partial charge is 0.387 e. The van der Waals surface area contributed by atoms with E-state index in [1.807, 2.05) is 0 Å². The van der Waals surface area contributed by atoms with E-state index < -0.39 is 6.61 Å². The van der Waals surface area contributed by atoms with Gasteiger partial charge in [-0.15, -0.1) is 0 Å². The Morgan fingerprint density at radius 2 is 1.97 bits per heavy atom. The molecule has 1 unspecified atom stereocenters. The zero-order valence-electron chi connectivity index (χ0n) is 18.3. The molecule has 0 spiro atoms. The Labute approximate surface area is 177 Å². The first-order valence-corrected chi connectivity index (χ1v) is 10.3. The molecule has 0 radical (unpaired) electrons. The first-order valence-electron chi connectivity index (χ1n) is 10.3. The van der Waals surface area contributed by atoms with Gasteiger partial charge in [0.05, 0.1) is 20.3 Å². The van der Waals surface area contributed by atoms with Crippen molar-refractivity contribution in [1.29, 1.82) is 0 Å². The van der Waals surface area contributed by atoms with Gasteiger partial charge < -0.3 is 24.8 Å². The molecular weight excluding hydrogens is 394 g/mol. The van der Waals surface area contributed by atoms with E-state index in [-0.39, 0.29) is 12.3 Å². The number of ether oxygens (including phenoxy) is 3. The molecule has 1 saturated heterocycles. The van der Waals surface area contributed by atoms with Gasteiger partial charge in [-0.25, -0.2) is 0 Å². The number of methoxy groups -OCH3 is 1. The molecule has 7 nitrogen and oxygen atoms in total. The van der Waals surface area contributed by atoms with Crippen molar-refractivity contribution < 1.29 is 23.0 Å². The average molecular weight is 429 g/mol. The summed E-state index contributed by atoms with van der Waals surface area (Å²) in [6.07, 6.45) is 1.06. The number of hydrogen-bond acceptors (Lipinski definition) is 5. The second kappa shape index (κ2) is 12.5. The van der Waals surface area contributed by atoms with E-state index in [2.05, 4.69) is 39.1 Å². The summed E-state index contributed by atoms with van der Waals surface area (Å²) in [4.78, 5) is 6.71. The van der Waals surface area contributed by atoms with Crippen molar-refractivity contribution in [2.45, 2.75) is 39.5 Å². The molecule has 30 heavy (non-hydrogen) atoms. The van der Waals surface area contributed by atoms with Gasteiger partial charge in [-0.1, -0.05) is 13.8 Å². The summed E-state index contributed by atoms with van der Waals surface area (Å²) in [5, 5.41) is 6.55. The number of halogens is 2. The highest BCUT2D eigenvalue weighted by Gasteiger charge is 2.22. The van der Waals surface area contributed by atoms with Crippen molar-refractivity contribution in [3.63, 3.8) is 0 Å². The predicted octanol–water partition coefficient (Wildman–Crippen LogP) is 2.71. The zero-order valence-corrected chi connectivity index (χ0v) is 18.3. The third-order valence-electron chi connectivity index (χ3n) is 4.97. The van der Waals surface area contributed by atoms with Crippen LogP contribution in [0.2, 0.25) is 0 Å². The van der Waals surface area contributed by atoms with Gasteiger partial charge in [0, 0.05) is 50.9 Å². The van der Waals surface area contributed by atoms with Crippen LogP contribution in [0.5, 0.6) is 11.5 Å². The van der Waals surface area contributed by atoms with E-state index in [1.165, 1.54) is 13.2 Å². The third kappa shape index (κ3) is 7.95. The van der Waals surface area contributed by atoms with Crippen LogP contribution in [0.15, 0.2) is 23.2 Å². The molecule has 0 aliphatic carbocycles. The van der Waals surface area contributed by atoms with Gasteiger partial charge in [0.25, 0.3) is 0 Å². The lowest BCUT2D eigenvalue weighted by Gasteiger charge is -2.35. The molecule has 1 heterocycles. The van der Waals surface area contributed by atoms with Crippen molar-refractivity contribution in [1.82, 2.24) is 15.5 Å². The standard InChI is InChI=1S/C21H34F2N4O3/c1-15(2)11-17(27-7-9-29-10-8-27)14-26-21(24-3)25-13-16-5-6-18(28-4)12-19(16)30-20(22)23/h5-6,12,15,17,20H,7-11,13-14H2,1-4H3,(H2,24,25,26). The fourth-order valence-corrected chi connectivity index (χ4v) is 3.48. The fraction of sp³-hybridized carbons (Fsp3) is 0.667. The Balaban J connectivity index is 1.96. The highest BCUT2D eigenvalue weighted by atomic mass is 19.3. The molecule has 170 valence electrons. The second-order valence-electron chi connectivity index (χ2n) is 7.59. The Kier molecular flexibility index (Phi) is 10.1. The second-order valence-corrected chi connectivity index (χ2v) is 7.59. The summed E-state index contributed by atoms with van der Waals surface area (Å²) in [5.74, 6) is 1.72. The van der Waals surface area contributed by atoms with Crippen molar-refractivity contribution >= 4 is 5.96 Å². The first-order chi connectivity index (χ1) is 14.4. The molecule has 0 bridgehead atoms. The lowest BCUT2D eigenvalue weighted by Crippen LogP contribution is -2.51. The minimum Gasteiger partial charge on any atom is -0.497 e. The monoisotopic (exact) mass is 428 g/mol. The lowest BCUT2D eigenvalue weighted by atomic mass is 10.0. The molecule has 2 rings (SSSR count). The number of morpholine rings is 1. The van der Waals surface area contributed by atoms with E-state index in [0.29, 0.717) is 29.2 Å². The topological polar surface area (TPSA) is 67.4 Å². The van der Waals surface area contributed by atoms with Crippen LogP contribution < -0.4 is 20.1 Å². The average Bonchev–Trinajstić information content (AvgIpc) is 2.73. The number of rotatable bonds is 10. The van der Waals surface area contributed by atoms with Gasteiger partial charge in [0.2, 0.25) is 0 Å². The number of nitrogens with one attached hydrogen (secondary N) is 2. The van der Waals surface area contributed by atoms with Gasteiger partial charge in [-0.05, 0) is 24.5 Å². The minimum absolute atomic E-state index is 0.0818. The minimum atomic E-state index is -2.90. The molecule has 1 aromatic rings. The van der Waals surface area contributed by atoms with Crippen LogP contribution in [-0.4, -0.2) is 70.5 Å². The number of alkyl halides is 2. The zero-order chi connectivity index (χ0) is 21.9. The number of benzene rings is 1. The van der Waals surface area contributed by atoms with Gasteiger partial charge in [0.1, 0.15) is 11.5 Å². The normalized spacial score (nSPS) is 16.6. The van der Waals surface area contributed by atoms with Gasteiger partial charge >= 0.3 is 6.61 Å². The Morgan fingerprint density at radius 3 is 2.57 bits per heavy atom. The summed E-state index contributed by atoms with van der Waals surface area (Å²) in [6, 6.07) is 5.23. The van der Waals surface area contributed by atoms with E-state index >= 15 is 0 Å². The molecular formula is C21H34F2N4O3. The van der Waals surface area contributed by atoms with Crippen LogP contribution in [0.3, 0.4) is 0 Å². The van der Waals surface area contributed by atoms with Gasteiger partial charge in [0.15, 0.2) is 5.96 Å². The van der Waals surface area contributed by atoms with Crippen molar-refractivity contribution in [2.75, 3.05) is 47.0 Å². The first kappa shape index (κ1) is 24.1. The van der Waals surface area contributed by atoms with Crippen LogP contribution >= 0.6 is 0 Å². The van der Waals surface area contributed by atoms with Crippen LogP contribution in [0.25, 0.3) is 0 Å². The SMILES string of the molecule is CN=C(NCc1ccc(OC)cc1OC(F)F)NCC(CC(C)C)N1CCOCC1. The molecule has 1 aliphatic heterocycles. The molecule has 1 aromatic carbocycles. The van der Waals surface area contributed by atoms with Gasteiger partial charge in [-0.3, -0.25) is 9.89 Å². The van der Waals surface area contributed by atoms with Crippen molar-refractivity contribution in [3.05, 3.63) is 23.8 Å². The predicted molar refractivity (Wildman–Crippen MR) is 113 cm³/mol. The van der Waals surface area contributed by atoms with E-state index in [0.717, 1.165) is 39.3 Å². The van der Waals surface area contributed by atoms with Crippen LogP contribution in [0, 0.1) is 5.92 Å². The van der Waals surface area contributed by atoms with E-state index in [9.17, 15) is 8.78 Å². The Morgan fingerprint density at radius 1 is 1.23 bits per heavy atom. The molecule has 0 saturated carbocycles. The highest BCUT2D eigenvalue weighted by Crippen LogP contribution is 2.26. The number of nitrogens with zero attached hydrogens (tertiary/aromatic N) is 2. The molecule has 0 amide bonds. The van der Waals surface area contributed by atoms with Crippen LogP contribution in [-0.2, 0) is 11.3 Å². The molecule has 2 N–H and O–H groups in total. The van der Waals surface area contributed by atoms with Crippen molar-refractivity contribution in [2.24, 2.45) is 10.9 Å². The Hall–Kier alpha value is -2.13. The fourth-order valence-electron chi connectivity index (χ4n) is 3.48. The molecule has 1 fully saturated rings. The Bertz CT molecular complexity index is 668. The maximum atomic E-state index is 12.8. The largest absolute Gasteiger partial charge is 0.497 e. The number of guanidine groups is 1. The highest BCUT2D eigenvalue weighted by molar-refractivity contribution is 5.79. The van der Waals surface area contributed by atoms with Crippen molar-refractivity contribution in [3.8, 4) is 11.5 Å². The summed E-state index contributed by atoms with van der Waals surface area (Å²) in [5.41, 5.74) is 0.589.